The summed E-state index contributed by atoms with van der Waals surface area (Å²) in [5.74, 6) is 0.433. The Labute approximate surface area is 326 Å². The second-order valence-corrected chi connectivity index (χ2v) is 15.4. The molecule has 0 aromatic heterocycles. The number of esters is 2. The van der Waals surface area contributed by atoms with Crippen LogP contribution in [0.5, 0.6) is 0 Å². The van der Waals surface area contributed by atoms with Crippen LogP contribution in [0, 0.1) is 11.8 Å². The maximum Gasteiger partial charge on any atom is 0.306 e. The third-order valence-electron chi connectivity index (χ3n) is 10.3. The molecule has 0 saturated carbocycles. The second kappa shape index (κ2) is 36.9. The van der Waals surface area contributed by atoms with Crippen LogP contribution in [-0.4, -0.2) is 75.6 Å². The largest absolute Gasteiger partial charge is 0.466 e. The summed E-state index contributed by atoms with van der Waals surface area (Å²) in [7, 11) is 0. The number of nitrogens with zero attached hydrogens (tertiary/aromatic N) is 1. The lowest BCUT2D eigenvalue weighted by molar-refractivity contribution is -0.145. The molecular formula is C46H81NO6. The quantitative estimate of drug-likeness (QED) is 0.0359. The van der Waals surface area contributed by atoms with Crippen LogP contribution in [-0.2, 0) is 28.5 Å². The predicted molar refractivity (Wildman–Crippen MR) is 219 cm³/mol. The average Bonchev–Trinajstić information content (AvgIpc) is 3.15. The van der Waals surface area contributed by atoms with Crippen molar-refractivity contribution in [3.63, 3.8) is 0 Å². The molecule has 7 heteroatoms. The van der Waals surface area contributed by atoms with Gasteiger partial charge in [0.15, 0.2) is 0 Å². The van der Waals surface area contributed by atoms with Crippen molar-refractivity contribution in [2.45, 2.75) is 187 Å². The monoisotopic (exact) mass is 744 g/mol. The van der Waals surface area contributed by atoms with Gasteiger partial charge in [-0.05, 0) is 68.7 Å². The van der Waals surface area contributed by atoms with Gasteiger partial charge in [-0.15, -0.1) is 0 Å². The van der Waals surface area contributed by atoms with Crippen LogP contribution in [0.4, 0.5) is 0 Å². The average molecular weight is 744 g/mol. The molecule has 0 amide bonds. The summed E-state index contributed by atoms with van der Waals surface area (Å²) < 4.78 is 23.0. The number of rotatable bonds is 36. The molecule has 53 heavy (non-hydrogen) atoms. The summed E-state index contributed by atoms with van der Waals surface area (Å²) in [5, 5.41) is 0. The van der Waals surface area contributed by atoms with Gasteiger partial charge in [0.2, 0.25) is 0 Å². The highest BCUT2D eigenvalue weighted by molar-refractivity contribution is 5.70. The van der Waals surface area contributed by atoms with Crippen molar-refractivity contribution in [2.24, 2.45) is 11.8 Å². The summed E-state index contributed by atoms with van der Waals surface area (Å²) in [4.78, 5) is 27.0. The Hall–Kier alpha value is -2.10. The zero-order valence-corrected chi connectivity index (χ0v) is 34.7. The Morgan fingerprint density at radius 3 is 1.79 bits per heavy atom. The van der Waals surface area contributed by atoms with Gasteiger partial charge >= 0.3 is 11.9 Å². The van der Waals surface area contributed by atoms with Gasteiger partial charge in [-0.25, -0.2) is 0 Å². The Morgan fingerprint density at radius 1 is 0.679 bits per heavy atom. The first-order valence-electron chi connectivity index (χ1n) is 22.1. The molecule has 1 saturated heterocycles. The van der Waals surface area contributed by atoms with E-state index in [1.165, 1.54) is 77.0 Å². The van der Waals surface area contributed by atoms with E-state index in [4.69, 9.17) is 18.9 Å². The smallest absolute Gasteiger partial charge is 0.306 e. The van der Waals surface area contributed by atoms with E-state index >= 15 is 0 Å². The van der Waals surface area contributed by atoms with Crippen LogP contribution in [0.1, 0.15) is 181 Å². The first kappa shape index (κ1) is 48.9. The van der Waals surface area contributed by atoms with E-state index in [-0.39, 0.29) is 17.9 Å². The van der Waals surface area contributed by atoms with Crippen molar-refractivity contribution in [3.05, 3.63) is 29.8 Å². The topological polar surface area (TPSA) is 74.3 Å². The molecule has 1 aliphatic rings. The van der Waals surface area contributed by atoms with Crippen LogP contribution in [0.2, 0.25) is 0 Å². The highest BCUT2D eigenvalue weighted by atomic mass is 16.5. The van der Waals surface area contributed by atoms with E-state index in [2.05, 4.69) is 49.4 Å². The van der Waals surface area contributed by atoms with E-state index in [1.54, 1.807) is 0 Å². The van der Waals surface area contributed by atoms with Crippen molar-refractivity contribution in [3.8, 4) is 0 Å². The normalized spacial score (nSPS) is 14.8. The molecule has 0 aliphatic carbocycles. The van der Waals surface area contributed by atoms with Crippen molar-refractivity contribution in [2.75, 3.05) is 52.7 Å². The summed E-state index contributed by atoms with van der Waals surface area (Å²) in [6.07, 6.45) is 29.7. The first-order chi connectivity index (χ1) is 26.0. The SMILES string of the molecule is C=C=C=C=CC(CCCCC)CC(=O)OCCCCCCCCC(CCCCCCCCOC(=O)CC(C)CCCCC)OCCCN1CCOCC1. The molecule has 1 aliphatic heterocycles. The minimum Gasteiger partial charge on any atom is -0.466 e. The molecule has 0 spiro atoms. The fourth-order valence-electron chi connectivity index (χ4n) is 6.98. The Morgan fingerprint density at radius 2 is 1.21 bits per heavy atom. The maximum atomic E-state index is 12.4. The number of morpholine rings is 1. The predicted octanol–water partition coefficient (Wildman–Crippen LogP) is 11.5. The summed E-state index contributed by atoms with van der Waals surface area (Å²) in [6.45, 7) is 16.9. The van der Waals surface area contributed by atoms with E-state index < -0.39 is 0 Å². The molecule has 0 aromatic rings. The van der Waals surface area contributed by atoms with Crippen LogP contribution >= 0.6 is 0 Å². The van der Waals surface area contributed by atoms with E-state index in [9.17, 15) is 9.59 Å². The Bertz CT molecular complexity index is 990. The minimum atomic E-state index is -0.112. The van der Waals surface area contributed by atoms with Gasteiger partial charge in [0.1, 0.15) is 0 Å². The van der Waals surface area contributed by atoms with Crippen LogP contribution in [0.15, 0.2) is 29.8 Å². The first-order valence-corrected chi connectivity index (χ1v) is 22.1. The minimum absolute atomic E-state index is 0.0229. The third kappa shape index (κ3) is 31.9. The van der Waals surface area contributed by atoms with Crippen LogP contribution in [0.25, 0.3) is 0 Å². The highest BCUT2D eigenvalue weighted by Gasteiger charge is 2.14. The third-order valence-corrected chi connectivity index (χ3v) is 10.3. The lowest BCUT2D eigenvalue weighted by atomic mass is 9.98. The second-order valence-electron chi connectivity index (χ2n) is 15.4. The number of carbonyl (C=O) groups is 2. The number of carbonyl (C=O) groups excluding carboxylic acids is 2. The lowest BCUT2D eigenvalue weighted by Crippen LogP contribution is -2.37. The van der Waals surface area contributed by atoms with Gasteiger partial charge in [-0.1, -0.05) is 141 Å². The summed E-state index contributed by atoms with van der Waals surface area (Å²) in [5.41, 5.74) is 8.28. The zero-order valence-electron chi connectivity index (χ0n) is 34.7. The fourth-order valence-corrected chi connectivity index (χ4v) is 6.98. The molecule has 1 heterocycles. The fraction of sp³-hybridized carbons (Fsp3) is 0.848. The van der Waals surface area contributed by atoms with Crippen molar-refractivity contribution in [1.29, 1.82) is 0 Å². The van der Waals surface area contributed by atoms with Gasteiger partial charge in [-0.3, -0.25) is 14.5 Å². The highest BCUT2D eigenvalue weighted by Crippen LogP contribution is 2.19. The maximum absolute atomic E-state index is 12.4. The van der Waals surface area contributed by atoms with Crippen LogP contribution in [0.3, 0.4) is 0 Å². The standard InChI is InChI=1S/C46H81NO6/c1-5-8-19-27-42(4)40-45(48)52-35-24-17-13-11-15-22-30-44(51-37-26-32-47-33-38-50-39-34-47)31-23-16-12-14-18-25-36-53-46(49)41-43(28-20-9-6-2)29-21-10-7-3/h28,42-44H,2,5,7-8,10-19,21-27,29-41H2,1,3-4H3. The number of unbranched alkanes of at least 4 members (excludes halogenated alkanes) is 14. The van der Waals surface area contributed by atoms with Gasteiger partial charge in [0.25, 0.3) is 0 Å². The van der Waals surface area contributed by atoms with Crippen molar-refractivity contribution < 1.29 is 28.5 Å². The molecule has 0 bridgehead atoms. The summed E-state index contributed by atoms with van der Waals surface area (Å²) >= 11 is 0. The van der Waals surface area contributed by atoms with Crippen molar-refractivity contribution >= 4 is 11.9 Å². The Kier molecular flexibility index (Phi) is 34.0. The molecule has 3 unspecified atom stereocenters. The molecule has 7 nitrogen and oxygen atoms in total. The van der Waals surface area contributed by atoms with Gasteiger partial charge in [-0.2, -0.15) is 0 Å². The zero-order chi connectivity index (χ0) is 38.5. The summed E-state index contributed by atoms with van der Waals surface area (Å²) in [6, 6.07) is 0. The van der Waals surface area contributed by atoms with Gasteiger partial charge in [0.05, 0.1) is 39.0 Å². The van der Waals surface area contributed by atoms with E-state index in [0.717, 1.165) is 110 Å². The van der Waals surface area contributed by atoms with E-state index in [1.807, 2.05) is 6.08 Å². The van der Waals surface area contributed by atoms with Crippen LogP contribution < -0.4 is 0 Å². The lowest BCUT2D eigenvalue weighted by Gasteiger charge is -2.26. The number of allylic oxidation sites excluding steroid dienone is 1. The number of ether oxygens (including phenoxy) is 4. The molecule has 1 fully saturated rings. The van der Waals surface area contributed by atoms with E-state index in [0.29, 0.717) is 38.1 Å². The molecule has 0 aromatic carbocycles. The number of hydrogen-bond acceptors (Lipinski definition) is 7. The molecule has 0 radical (unpaired) electrons. The molecule has 1 rings (SSSR count). The molecule has 0 N–H and O–H groups in total. The van der Waals surface area contributed by atoms with Gasteiger partial charge < -0.3 is 18.9 Å². The molecule has 306 valence electrons. The van der Waals surface area contributed by atoms with Crippen molar-refractivity contribution in [1.82, 2.24) is 4.90 Å². The molecular weight excluding hydrogens is 663 g/mol. The molecule has 3 atom stereocenters. The van der Waals surface area contributed by atoms with Gasteiger partial charge in [0, 0.05) is 32.7 Å². The number of hydrogen-bond donors (Lipinski definition) is 0. The Balaban J connectivity index is 2.22.